The normalized spacial score (nSPS) is 15.3. The van der Waals surface area contributed by atoms with Crippen LogP contribution in [0.3, 0.4) is 0 Å². The Balaban J connectivity index is 2.37. The maximum absolute atomic E-state index is 11.8. The molecule has 0 heterocycles. The average Bonchev–Trinajstić information content (AvgIpc) is 3.00. The molecule has 1 aliphatic rings. The molecule has 2 nitrogen and oxygen atoms in total. The van der Waals surface area contributed by atoms with Crippen LogP contribution in [0.5, 0.6) is 5.75 Å². The minimum atomic E-state index is 0.157. The van der Waals surface area contributed by atoms with Crippen LogP contribution in [0.4, 0.5) is 0 Å². The largest absolute Gasteiger partial charge is 0.496 e. The number of hydrogen-bond donors (Lipinski definition) is 0. The van der Waals surface area contributed by atoms with E-state index in [1.54, 1.807) is 25.3 Å². The molecule has 2 rings (SSSR count). The molecule has 0 aliphatic heterocycles. The Bertz CT molecular complexity index is 370. The van der Waals surface area contributed by atoms with Gasteiger partial charge in [0.2, 0.25) is 0 Å². The molecule has 1 aromatic carbocycles. The molecule has 0 aromatic heterocycles. The fourth-order valence-electron chi connectivity index (χ4n) is 1.44. The van der Waals surface area contributed by atoms with Crippen LogP contribution in [-0.2, 0) is 0 Å². The number of carbonyl (C=O) groups is 1. The fraction of sp³-hybridized carbons (Fsp3) is 0.364. The van der Waals surface area contributed by atoms with Crippen LogP contribution in [0.15, 0.2) is 18.2 Å². The molecule has 3 heteroatoms. The molecule has 0 unspecified atom stereocenters. The Morgan fingerprint density at radius 2 is 2.21 bits per heavy atom. The van der Waals surface area contributed by atoms with Gasteiger partial charge in [-0.15, -0.1) is 0 Å². The minimum Gasteiger partial charge on any atom is -0.496 e. The van der Waals surface area contributed by atoms with Crippen molar-refractivity contribution < 1.29 is 9.53 Å². The lowest BCUT2D eigenvalue weighted by molar-refractivity contribution is 0.0964. The van der Waals surface area contributed by atoms with Gasteiger partial charge in [-0.25, -0.2) is 0 Å². The zero-order valence-electron chi connectivity index (χ0n) is 7.92. The Labute approximate surface area is 87.8 Å². The number of rotatable bonds is 3. The van der Waals surface area contributed by atoms with Crippen LogP contribution in [0.2, 0.25) is 5.02 Å². The first-order valence-electron chi connectivity index (χ1n) is 4.60. The second-order valence-electron chi connectivity index (χ2n) is 3.48. The van der Waals surface area contributed by atoms with Crippen molar-refractivity contribution >= 4 is 17.4 Å². The van der Waals surface area contributed by atoms with Crippen molar-refractivity contribution in [3.05, 3.63) is 28.8 Å². The summed E-state index contributed by atoms with van der Waals surface area (Å²) in [7, 11) is 1.56. The second kappa shape index (κ2) is 3.62. The maximum Gasteiger partial charge on any atom is 0.169 e. The van der Waals surface area contributed by atoms with Crippen LogP contribution in [-0.4, -0.2) is 12.9 Å². The van der Waals surface area contributed by atoms with E-state index in [1.165, 1.54) is 0 Å². The highest BCUT2D eigenvalue weighted by Crippen LogP contribution is 2.35. The third-order valence-electron chi connectivity index (χ3n) is 2.38. The minimum absolute atomic E-state index is 0.157. The Morgan fingerprint density at radius 3 is 2.79 bits per heavy atom. The summed E-state index contributed by atoms with van der Waals surface area (Å²) in [6.07, 6.45) is 1.99. The van der Waals surface area contributed by atoms with E-state index in [4.69, 9.17) is 16.3 Å². The van der Waals surface area contributed by atoms with Gasteiger partial charge >= 0.3 is 0 Å². The van der Waals surface area contributed by atoms with Crippen molar-refractivity contribution in [3.8, 4) is 5.75 Å². The average molecular weight is 211 g/mol. The van der Waals surface area contributed by atoms with E-state index in [0.717, 1.165) is 12.8 Å². The van der Waals surface area contributed by atoms with Crippen LogP contribution in [0, 0.1) is 5.92 Å². The molecule has 0 saturated heterocycles. The van der Waals surface area contributed by atoms with Gasteiger partial charge in [0.25, 0.3) is 0 Å². The van der Waals surface area contributed by atoms with Crippen molar-refractivity contribution in [1.29, 1.82) is 0 Å². The summed E-state index contributed by atoms with van der Waals surface area (Å²) < 4.78 is 5.12. The molecule has 1 saturated carbocycles. The smallest absolute Gasteiger partial charge is 0.169 e. The van der Waals surface area contributed by atoms with E-state index < -0.39 is 0 Å². The van der Waals surface area contributed by atoms with Crippen LogP contribution in [0.1, 0.15) is 23.2 Å². The van der Waals surface area contributed by atoms with Crippen LogP contribution >= 0.6 is 11.6 Å². The highest BCUT2D eigenvalue weighted by atomic mass is 35.5. The third-order valence-corrected chi connectivity index (χ3v) is 2.61. The topological polar surface area (TPSA) is 26.3 Å². The van der Waals surface area contributed by atoms with Gasteiger partial charge in [-0.1, -0.05) is 11.6 Å². The summed E-state index contributed by atoms with van der Waals surface area (Å²) in [6.45, 7) is 0. The number of ketones is 1. The van der Waals surface area contributed by atoms with Gasteiger partial charge in [0, 0.05) is 10.9 Å². The predicted octanol–water partition coefficient (Wildman–Crippen LogP) is 2.94. The van der Waals surface area contributed by atoms with Gasteiger partial charge in [0.05, 0.1) is 12.7 Å². The van der Waals surface area contributed by atoms with Gasteiger partial charge < -0.3 is 4.74 Å². The van der Waals surface area contributed by atoms with E-state index in [9.17, 15) is 4.79 Å². The zero-order chi connectivity index (χ0) is 10.1. The second-order valence-corrected chi connectivity index (χ2v) is 3.92. The molecule has 0 bridgehead atoms. The number of benzene rings is 1. The van der Waals surface area contributed by atoms with Gasteiger partial charge in [-0.05, 0) is 31.0 Å². The van der Waals surface area contributed by atoms with Gasteiger partial charge in [-0.3, -0.25) is 4.79 Å². The molecule has 74 valence electrons. The first kappa shape index (κ1) is 9.53. The summed E-state index contributed by atoms with van der Waals surface area (Å²) in [5.41, 5.74) is 0.613. The van der Waals surface area contributed by atoms with Crippen molar-refractivity contribution in [2.75, 3.05) is 7.11 Å². The Morgan fingerprint density at radius 1 is 1.50 bits per heavy atom. The Kier molecular flexibility index (Phi) is 2.46. The van der Waals surface area contributed by atoms with E-state index >= 15 is 0 Å². The van der Waals surface area contributed by atoms with Gasteiger partial charge in [0.15, 0.2) is 5.78 Å². The van der Waals surface area contributed by atoms with E-state index in [0.29, 0.717) is 16.3 Å². The molecule has 0 amide bonds. The quantitative estimate of drug-likeness (QED) is 0.717. The lowest BCUT2D eigenvalue weighted by Crippen LogP contribution is -2.03. The molecule has 0 atom stereocenters. The molecule has 0 radical (unpaired) electrons. The van der Waals surface area contributed by atoms with E-state index in [-0.39, 0.29) is 11.7 Å². The van der Waals surface area contributed by atoms with Gasteiger partial charge in [-0.2, -0.15) is 0 Å². The summed E-state index contributed by atoms with van der Waals surface area (Å²) in [6, 6.07) is 5.14. The lowest BCUT2D eigenvalue weighted by atomic mass is 10.1. The number of Topliss-reactive ketones (excluding diaryl/α,β-unsaturated/α-hetero) is 1. The third kappa shape index (κ3) is 1.75. The molecule has 1 aromatic rings. The molecule has 0 spiro atoms. The van der Waals surface area contributed by atoms with E-state index in [1.807, 2.05) is 0 Å². The van der Waals surface area contributed by atoms with Gasteiger partial charge in [0.1, 0.15) is 5.75 Å². The van der Waals surface area contributed by atoms with Crippen molar-refractivity contribution in [1.82, 2.24) is 0 Å². The maximum atomic E-state index is 11.8. The predicted molar refractivity (Wildman–Crippen MR) is 55.1 cm³/mol. The Hall–Kier alpha value is -1.02. The lowest BCUT2D eigenvalue weighted by Gasteiger charge is -2.06. The number of hydrogen-bond acceptors (Lipinski definition) is 2. The number of methoxy groups -OCH3 is 1. The fourth-order valence-corrected chi connectivity index (χ4v) is 1.61. The summed E-state index contributed by atoms with van der Waals surface area (Å²) >= 11 is 5.84. The first-order valence-corrected chi connectivity index (χ1v) is 4.98. The SMILES string of the molecule is COc1ccc(Cl)cc1C(=O)C1CC1. The first-order chi connectivity index (χ1) is 6.72. The molecule has 0 N–H and O–H groups in total. The molecular formula is C11H11ClO2. The number of carbonyl (C=O) groups excluding carboxylic acids is 1. The monoisotopic (exact) mass is 210 g/mol. The number of halogens is 1. The van der Waals surface area contributed by atoms with E-state index in [2.05, 4.69) is 0 Å². The summed E-state index contributed by atoms with van der Waals surface area (Å²) in [5.74, 6) is 0.970. The molecule has 14 heavy (non-hydrogen) atoms. The summed E-state index contributed by atoms with van der Waals surface area (Å²) in [4.78, 5) is 11.8. The zero-order valence-corrected chi connectivity index (χ0v) is 8.67. The standard InChI is InChI=1S/C11H11ClO2/c1-14-10-5-4-8(12)6-9(10)11(13)7-2-3-7/h4-7H,2-3H2,1H3. The van der Waals surface area contributed by atoms with Crippen LogP contribution in [0.25, 0.3) is 0 Å². The highest BCUT2D eigenvalue weighted by Gasteiger charge is 2.32. The summed E-state index contributed by atoms with van der Waals surface area (Å²) in [5, 5.41) is 0.579. The molecule has 1 fully saturated rings. The molecule has 1 aliphatic carbocycles. The van der Waals surface area contributed by atoms with Crippen LogP contribution < -0.4 is 4.74 Å². The highest BCUT2D eigenvalue weighted by molar-refractivity contribution is 6.31. The van der Waals surface area contributed by atoms with Crippen molar-refractivity contribution in [2.24, 2.45) is 5.92 Å². The van der Waals surface area contributed by atoms with Crippen molar-refractivity contribution in [2.45, 2.75) is 12.8 Å². The number of ether oxygens (including phenoxy) is 1. The molecular weight excluding hydrogens is 200 g/mol. The van der Waals surface area contributed by atoms with Crippen molar-refractivity contribution in [3.63, 3.8) is 0 Å².